The van der Waals surface area contributed by atoms with Crippen LogP contribution in [0.3, 0.4) is 0 Å². The molecule has 0 spiro atoms. The van der Waals surface area contributed by atoms with Gasteiger partial charge < -0.3 is 10.5 Å². The van der Waals surface area contributed by atoms with E-state index < -0.39 is 10.0 Å². The molecule has 0 bridgehead atoms. The van der Waals surface area contributed by atoms with Gasteiger partial charge in [0.1, 0.15) is 0 Å². The summed E-state index contributed by atoms with van der Waals surface area (Å²) in [6, 6.07) is 0. The fraction of sp³-hybridized carbons (Fsp3) is 0.900. The Balaban J connectivity index is 2.67. The first-order valence-corrected chi connectivity index (χ1v) is 7.38. The van der Waals surface area contributed by atoms with Gasteiger partial charge in [0, 0.05) is 32.7 Å². The Morgan fingerprint density at radius 2 is 2.06 bits per heavy atom. The fourth-order valence-electron chi connectivity index (χ4n) is 1.90. The molecule has 0 aromatic carbocycles. The SMILES string of the molecule is CCN(CCC(=N)N)S(=O)(=O)C1CCOCC1. The Morgan fingerprint density at radius 1 is 1.47 bits per heavy atom. The van der Waals surface area contributed by atoms with Crippen LogP contribution in [-0.2, 0) is 14.8 Å². The van der Waals surface area contributed by atoms with E-state index in [9.17, 15) is 8.42 Å². The van der Waals surface area contributed by atoms with E-state index in [1.54, 1.807) is 6.92 Å². The van der Waals surface area contributed by atoms with Crippen molar-refractivity contribution in [2.24, 2.45) is 5.73 Å². The second-order valence-corrected chi connectivity index (χ2v) is 6.34. The smallest absolute Gasteiger partial charge is 0.217 e. The van der Waals surface area contributed by atoms with Crippen molar-refractivity contribution in [1.29, 1.82) is 5.41 Å². The van der Waals surface area contributed by atoms with Crippen LogP contribution in [0.25, 0.3) is 0 Å². The molecule has 1 aliphatic heterocycles. The lowest BCUT2D eigenvalue weighted by Gasteiger charge is -2.28. The highest BCUT2D eigenvalue weighted by atomic mass is 32.2. The van der Waals surface area contributed by atoms with E-state index in [2.05, 4.69) is 0 Å². The predicted molar refractivity (Wildman–Crippen MR) is 66.5 cm³/mol. The second-order valence-electron chi connectivity index (χ2n) is 4.12. The highest BCUT2D eigenvalue weighted by Gasteiger charge is 2.32. The fourth-order valence-corrected chi connectivity index (χ4v) is 3.81. The number of sulfonamides is 1. The zero-order valence-electron chi connectivity index (χ0n) is 10.2. The number of hydrogen-bond donors (Lipinski definition) is 2. The van der Waals surface area contributed by atoms with Crippen molar-refractivity contribution in [2.45, 2.75) is 31.4 Å². The van der Waals surface area contributed by atoms with Gasteiger partial charge in [0.25, 0.3) is 0 Å². The maximum absolute atomic E-state index is 12.3. The van der Waals surface area contributed by atoms with Gasteiger partial charge in [-0.2, -0.15) is 0 Å². The highest BCUT2D eigenvalue weighted by Crippen LogP contribution is 2.19. The van der Waals surface area contributed by atoms with Crippen LogP contribution in [0, 0.1) is 5.41 Å². The summed E-state index contributed by atoms with van der Waals surface area (Å²) in [4.78, 5) is 0. The number of nitrogens with one attached hydrogen (secondary N) is 1. The molecule has 0 radical (unpaired) electrons. The van der Waals surface area contributed by atoms with Crippen LogP contribution in [-0.4, -0.2) is 50.1 Å². The molecular formula is C10H21N3O3S. The Bertz CT molecular complexity index is 350. The van der Waals surface area contributed by atoms with Gasteiger partial charge >= 0.3 is 0 Å². The largest absolute Gasteiger partial charge is 0.388 e. The normalized spacial score (nSPS) is 18.5. The van der Waals surface area contributed by atoms with Crippen molar-refractivity contribution in [3.05, 3.63) is 0 Å². The van der Waals surface area contributed by atoms with Gasteiger partial charge in [-0.25, -0.2) is 12.7 Å². The lowest BCUT2D eigenvalue weighted by molar-refractivity contribution is 0.0972. The maximum Gasteiger partial charge on any atom is 0.217 e. The van der Waals surface area contributed by atoms with Gasteiger partial charge in [-0.1, -0.05) is 6.92 Å². The molecule has 1 heterocycles. The zero-order chi connectivity index (χ0) is 12.9. The molecule has 17 heavy (non-hydrogen) atoms. The number of ether oxygens (including phenoxy) is 1. The molecule has 3 N–H and O–H groups in total. The van der Waals surface area contributed by atoms with E-state index in [1.807, 2.05) is 0 Å². The van der Waals surface area contributed by atoms with E-state index in [-0.39, 0.29) is 17.5 Å². The summed E-state index contributed by atoms with van der Waals surface area (Å²) < 4.78 is 31.2. The predicted octanol–water partition coefficient (Wildman–Crippen LogP) is 0.143. The molecule has 0 aliphatic carbocycles. The van der Waals surface area contributed by atoms with Gasteiger partial charge in [-0.3, -0.25) is 5.41 Å². The lowest BCUT2D eigenvalue weighted by atomic mass is 10.2. The summed E-state index contributed by atoms with van der Waals surface area (Å²) in [6.45, 7) is 3.54. The second kappa shape index (κ2) is 6.32. The van der Waals surface area contributed by atoms with Crippen LogP contribution in [0.2, 0.25) is 0 Å². The topological polar surface area (TPSA) is 96.5 Å². The van der Waals surface area contributed by atoms with Crippen molar-refractivity contribution < 1.29 is 13.2 Å². The minimum Gasteiger partial charge on any atom is -0.388 e. The molecule has 0 saturated carbocycles. The Morgan fingerprint density at radius 3 is 2.53 bits per heavy atom. The number of rotatable bonds is 6. The molecular weight excluding hydrogens is 242 g/mol. The van der Waals surface area contributed by atoms with E-state index in [0.717, 1.165) is 0 Å². The third kappa shape index (κ3) is 3.93. The summed E-state index contributed by atoms with van der Waals surface area (Å²) >= 11 is 0. The number of amidine groups is 1. The van der Waals surface area contributed by atoms with Gasteiger partial charge in [0.2, 0.25) is 10.0 Å². The molecule has 1 saturated heterocycles. The summed E-state index contributed by atoms with van der Waals surface area (Å²) in [6.07, 6.45) is 1.40. The van der Waals surface area contributed by atoms with Crippen molar-refractivity contribution in [3.63, 3.8) is 0 Å². The van der Waals surface area contributed by atoms with Crippen LogP contribution in [0.5, 0.6) is 0 Å². The molecule has 1 aliphatic rings. The molecule has 0 amide bonds. The average molecular weight is 263 g/mol. The zero-order valence-corrected chi connectivity index (χ0v) is 11.0. The van der Waals surface area contributed by atoms with Crippen molar-refractivity contribution in [3.8, 4) is 0 Å². The molecule has 0 atom stereocenters. The Hall–Kier alpha value is -0.660. The van der Waals surface area contributed by atoms with E-state index in [1.165, 1.54) is 4.31 Å². The van der Waals surface area contributed by atoms with E-state index >= 15 is 0 Å². The lowest BCUT2D eigenvalue weighted by Crippen LogP contribution is -2.42. The van der Waals surface area contributed by atoms with Crippen LogP contribution in [0.1, 0.15) is 26.2 Å². The first-order chi connectivity index (χ1) is 7.98. The monoisotopic (exact) mass is 263 g/mol. The molecule has 7 heteroatoms. The van der Waals surface area contributed by atoms with Crippen LogP contribution < -0.4 is 5.73 Å². The first kappa shape index (κ1) is 14.4. The number of nitrogens with two attached hydrogens (primary N) is 1. The third-order valence-corrected chi connectivity index (χ3v) is 5.41. The van der Waals surface area contributed by atoms with Crippen LogP contribution >= 0.6 is 0 Å². The minimum atomic E-state index is -3.27. The molecule has 0 aromatic rings. The van der Waals surface area contributed by atoms with E-state index in [4.69, 9.17) is 15.9 Å². The number of nitrogens with zero attached hydrogens (tertiary/aromatic N) is 1. The first-order valence-electron chi connectivity index (χ1n) is 5.88. The maximum atomic E-state index is 12.3. The summed E-state index contributed by atoms with van der Waals surface area (Å²) in [7, 11) is -3.27. The molecule has 0 aromatic heterocycles. The quantitative estimate of drug-likeness (QED) is 0.526. The van der Waals surface area contributed by atoms with Crippen molar-refractivity contribution in [1.82, 2.24) is 4.31 Å². The van der Waals surface area contributed by atoms with Crippen LogP contribution in [0.15, 0.2) is 0 Å². The summed E-state index contributed by atoms with van der Waals surface area (Å²) in [5.41, 5.74) is 5.26. The standard InChI is InChI=1S/C10H21N3O3S/c1-2-13(6-3-10(11)12)17(14,15)9-4-7-16-8-5-9/h9H,2-8H2,1H3,(H3,11,12). The number of hydrogen-bond acceptors (Lipinski definition) is 4. The van der Waals surface area contributed by atoms with E-state index in [0.29, 0.717) is 39.1 Å². The Kier molecular flexibility index (Phi) is 5.35. The molecule has 0 unspecified atom stereocenters. The van der Waals surface area contributed by atoms with Crippen LogP contribution in [0.4, 0.5) is 0 Å². The minimum absolute atomic E-state index is 0.0191. The highest BCUT2D eigenvalue weighted by molar-refractivity contribution is 7.89. The summed E-state index contributed by atoms with van der Waals surface area (Å²) in [5.74, 6) is 0.0191. The van der Waals surface area contributed by atoms with Gasteiger partial charge in [0.15, 0.2) is 0 Å². The van der Waals surface area contributed by atoms with Crippen molar-refractivity contribution >= 4 is 15.9 Å². The molecule has 100 valence electrons. The van der Waals surface area contributed by atoms with Gasteiger partial charge in [-0.05, 0) is 12.8 Å². The van der Waals surface area contributed by atoms with Gasteiger partial charge in [-0.15, -0.1) is 0 Å². The average Bonchev–Trinajstić information content (AvgIpc) is 2.30. The van der Waals surface area contributed by atoms with Crippen molar-refractivity contribution in [2.75, 3.05) is 26.3 Å². The van der Waals surface area contributed by atoms with Gasteiger partial charge in [0.05, 0.1) is 11.1 Å². The molecule has 1 fully saturated rings. The molecule has 6 nitrogen and oxygen atoms in total. The third-order valence-electron chi connectivity index (χ3n) is 2.93. The molecule has 1 rings (SSSR count). The Labute approximate surface area is 103 Å². The summed E-state index contributed by atoms with van der Waals surface area (Å²) in [5, 5.41) is 6.80.